The lowest BCUT2D eigenvalue weighted by molar-refractivity contribution is -0.128. The summed E-state index contributed by atoms with van der Waals surface area (Å²) in [7, 11) is 0. The van der Waals surface area contributed by atoms with Gasteiger partial charge in [0.05, 0.1) is 0 Å². The SMILES string of the molecule is CSCCC12CCC(=O)CC1CC[C@@H]1C2=CC[C@]2(C)C(=O)CC[C@@H]12. The van der Waals surface area contributed by atoms with E-state index in [2.05, 4.69) is 19.3 Å². The smallest absolute Gasteiger partial charge is 0.139 e. The Kier molecular flexibility index (Phi) is 4.22. The molecule has 0 aliphatic heterocycles. The van der Waals surface area contributed by atoms with Crippen molar-refractivity contribution < 1.29 is 9.59 Å². The van der Waals surface area contributed by atoms with Crippen molar-refractivity contribution in [3.05, 3.63) is 11.6 Å². The van der Waals surface area contributed by atoms with Crippen molar-refractivity contribution in [3.63, 3.8) is 0 Å². The van der Waals surface area contributed by atoms with Crippen molar-refractivity contribution in [1.82, 2.24) is 0 Å². The van der Waals surface area contributed by atoms with Crippen molar-refractivity contribution in [2.75, 3.05) is 12.0 Å². The van der Waals surface area contributed by atoms with Crippen LogP contribution in [0.2, 0.25) is 0 Å². The van der Waals surface area contributed by atoms with E-state index < -0.39 is 0 Å². The molecule has 0 N–H and O–H groups in total. The standard InChI is InChI=1S/C21H30O2S/c1-20-9-8-18-16(17(20)5-6-19(20)23)4-3-14-13-15(22)7-10-21(14,18)11-12-24-2/h8,14,16-17H,3-7,9-13H2,1-2H3/t14?,16-,17-,20-,21?/m0/s1. The second-order valence-corrected chi connectivity index (χ2v) is 9.86. The molecule has 0 spiro atoms. The van der Waals surface area contributed by atoms with Gasteiger partial charge in [0.2, 0.25) is 0 Å². The molecular formula is C21H30O2S. The maximum absolute atomic E-state index is 12.5. The van der Waals surface area contributed by atoms with Crippen LogP contribution in [0.1, 0.15) is 64.7 Å². The van der Waals surface area contributed by atoms with Crippen LogP contribution >= 0.6 is 11.8 Å². The van der Waals surface area contributed by atoms with E-state index in [1.165, 1.54) is 25.0 Å². The van der Waals surface area contributed by atoms with E-state index in [4.69, 9.17) is 0 Å². The van der Waals surface area contributed by atoms with Gasteiger partial charge in [-0.1, -0.05) is 18.6 Å². The molecule has 0 saturated heterocycles. The molecule has 4 rings (SSSR count). The van der Waals surface area contributed by atoms with E-state index in [9.17, 15) is 9.59 Å². The molecule has 0 bridgehead atoms. The van der Waals surface area contributed by atoms with E-state index >= 15 is 0 Å². The number of hydrogen-bond donors (Lipinski definition) is 0. The zero-order valence-corrected chi connectivity index (χ0v) is 15.9. The van der Waals surface area contributed by atoms with Crippen LogP contribution in [0.25, 0.3) is 0 Å². The number of Topliss-reactive ketones (excluding diaryl/α,β-unsaturated/α-hetero) is 2. The van der Waals surface area contributed by atoms with Gasteiger partial charge in [-0.2, -0.15) is 11.8 Å². The summed E-state index contributed by atoms with van der Waals surface area (Å²) < 4.78 is 0. The molecule has 0 heterocycles. The first-order valence-electron chi connectivity index (χ1n) is 9.76. The number of hydrogen-bond acceptors (Lipinski definition) is 3. The number of carbonyl (C=O) groups is 2. The zero-order chi connectivity index (χ0) is 16.9. The first kappa shape index (κ1) is 16.9. The quantitative estimate of drug-likeness (QED) is 0.687. The topological polar surface area (TPSA) is 34.1 Å². The first-order valence-corrected chi connectivity index (χ1v) is 11.1. The normalized spacial score (nSPS) is 44.6. The van der Waals surface area contributed by atoms with Crippen LogP contribution in [-0.2, 0) is 9.59 Å². The highest BCUT2D eigenvalue weighted by Gasteiger charge is 2.58. The van der Waals surface area contributed by atoms with Crippen LogP contribution in [0, 0.1) is 28.6 Å². The van der Waals surface area contributed by atoms with Gasteiger partial charge in [0, 0.05) is 24.7 Å². The van der Waals surface area contributed by atoms with Crippen LogP contribution < -0.4 is 0 Å². The molecule has 0 amide bonds. The lowest BCUT2D eigenvalue weighted by Crippen LogP contribution is -2.49. The second kappa shape index (κ2) is 6.00. The summed E-state index contributed by atoms with van der Waals surface area (Å²) in [6.07, 6.45) is 13.8. The Morgan fingerprint density at radius 1 is 1.21 bits per heavy atom. The van der Waals surface area contributed by atoms with E-state index in [1.54, 1.807) is 5.57 Å². The minimum atomic E-state index is -0.0911. The monoisotopic (exact) mass is 346 g/mol. The van der Waals surface area contributed by atoms with Crippen molar-refractivity contribution in [2.45, 2.75) is 64.7 Å². The van der Waals surface area contributed by atoms with Gasteiger partial charge in [-0.3, -0.25) is 9.59 Å². The molecule has 132 valence electrons. The van der Waals surface area contributed by atoms with Crippen molar-refractivity contribution >= 4 is 23.3 Å². The molecule has 4 aliphatic carbocycles. The Bertz CT molecular complexity index is 595. The molecule has 0 aromatic rings. The van der Waals surface area contributed by atoms with Crippen molar-refractivity contribution in [3.8, 4) is 0 Å². The average Bonchev–Trinajstić information content (AvgIpc) is 2.88. The summed E-state index contributed by atoms with van der Waals surface area (Å²) in [5.74, 6) is 3.92. The maximum Gasteiger partial charge on any atom is 0.139 e. The summed E-state index contributed by atoms with van der Waals surface area (Å²) in [6.45, 7) is 2.23. The summed E-state index contributed by atoms with van der Waals surface area (Å²) in [5.41, 5.74) is 1.86. The second-order valence-electron chi connectivity index (χ2n) is 8.87. The molecule has 24 heavy (non-hydrogen) atoms. The van der Waals surface area contributed by atoms with Gasteiger partial charge in [0.1, 0.15) is 11.6 Å². The first-order chi connectivity index (χ1) is 11.5. The Balaban J connectivity index is 1.72. The Morgan fingerprint density at radius 2 is 2.04 bits per heavy atom. The highest BCUT2D eigenvalue weighted by Crippen LogP contribution is 2.64. The van der Waals surface area contributed by atoms with E-state index in [-0.39, 0.29) is 10.8 Å². The summed E-state index contributed by atoms with van der Waals surface area (Å²) in [4.78, 5) is 24.6. The minimum Gasteiger partial charge on any atom is -0.300 e. The Morgan fingerprint density at radius 3 is 2.83 bits per heavy atom. The molecule has 0 aromatic heterocycles. The third-order valence-corrected chi connectivity index (χ3v) is 8.64. The molecule has 4 aliphatic rings. The van der Waals surface area contributed by atoms with Gasteiger partial charge in [-0.05, 0) is 73.7 Å². The minimum absolute atomic E-state index is 0.0911. The van der Waals surface area contributed by atoms with E-state index in [0.717, 1.165) is 38.5 Å². The predicted molar refractivity (Wildman–Crippen MR) is 99.0 cm³/mol. The fraction of sp³-hybridized carbons (Fsp3) is 0.810. The van der Waals surface area contributed by atoms with Gasteiger partial charge in [0.25, 0.3) is 0 Å². The van der Waals surface area contributed by atoms with Crippen LogP contribution in [0.15, 0.2) is 11.6 Å². The number of carbonyl (C=O) groups excluding carboxylic acids is 2. The van der Waals surface area contributed by atoms with E-state index in [1.807, 2.05) is 11.8 Å². The van der Waals surface area contributed by atoms with Crippen molar-refractivity contribution in [2.24, 2.45) is 28.6 Å². The largest absolute Gasteiger partial charge is 0.300 e. The van der Waals surface area contributed by atoms with Gasteiger partial charge in [-0.15, -0.1) is 0 Å². The van der Waals surface area contributed by atoms with E-state index in [0.29, 0.717) is 29.3 Å². The molecular weight excluding hydrogens is 316 g/mol. The third-order valence-electron chi connectivity index (χ3n) is 8.03. The van der Waals surface area contributed by atoms with Crippen molar-refractivity contribution in [1.29, 1.82) is 0 Å². The molecule has 3 heteroatoms. The molecule has 3 fully saturated rings. The predicted octanol–water partition coefficient (Wildman–Crippen LogP) is 4.82. The van der Waals surface area contributed by atoms with Gasteiger partial charge in [-0.25, -0.2) is 0 Å². The van der Waals surface area contributed by atoms with Crippen LogP contribution in [-0.4, -0.2) is 23.6 Å². The Labute approximate surface area is 150 Å². The zero-order valence-electron chi connectivity index (χ0n) is 15.1. The fourth-order valence-corrected chi connectivity index (χ4v) is 7.23. The number of ketones is 2. The molecule has 0 radical (unpaired) electrons. The summed E-state index contributed by atoms with van der Waals surface area (Å²) in [6, 6.07) is 0. The lowest BCUT2D eigenvalue weighted by atomic mass is 9.48. The Hall–Kier alpha value is -0.570. The van der Waals surface area contributed by atoms with Gasteiger partial charge in [0.15, 0.2) is 0 Å². The maximum atomic E-state index is 12.5. The molecule has 3 saturated carbocycles. The highest BCUT2D eigenvalue weighted by atomic mass is 32.2. The number of thioether (sulfide) groups is 1. The number of fused-ring (bicyclic) bond motifs is 5. The van der Waals surface area contributed by atoms with Crippen LogP contribution in [0.4, 0.5) is 0 Å². The van der Waals surface area contributed by atoms with Crippen LogP contribution in [0.3, 0.4) is 0 Å². The van der Waals surface area contributed by atoms with Gasteiger partial charge < -0.3 is 0 Å². The highest BCUT2D eigenvalue weighted by molar-refractivity contribution is 7.98. The number of allylic oxidation sites excluding steroid dienone is 2. The summed E-state index contributed by atoms with van der Waals surface area (Å²) in [5, 5.41) is 0. The summed E-state index contributed by atoms with van der Waals surface area (Å²) >= 11 is 1.94. The fourth-order valence-electron chi connectivity index (χ4n) is 6.66. The molecule has 2 nitrogen and oxygen atoms in total. The molecule has 5 atom stereocenters. The average molecular weight is 347 g/mol. The van der Waals surface area contributed by atoms with Gasteiger partial charge >= 0.3 is 0 Å². The lowest BCUT2D eigenvalue weighted by Gasteiger charge is -2.56. The third kappa shape index (κ3) is 2.29. The molecule has 2 unspecified atom stereocenters. The number of rotatable bonds is 3. The molecule has 0 aromatic carbocycles. The van der Waals surface area contributed by atoms with Crippen LogP contribution in [0.5, 0.6) is 0 Å².